The molecule has 4 amide bonds. The predicted molar refractivity (Wildman–Crippen MR) is 304 cm³/mol. The number of hydrogen-bond acceptors (Lipinski definition) is 17. The quantitative estimate of drug-likeness (QED) is 0.0409. The maximum Gasteiger partial charge on any atom is 0.315 e. The molecule has 2 aromatic rings. The second kappa shape index (κ2) is 41.5. The van der Waals surface area contributed by atoms with Gasteiger partial charge in [-0.3, -0.25) is 9.59 Å². The average Bonchev–Trinajstić information content (AvgIpc) is 4.19. The molecule has 2 aromatic carbocycles. The first kappa shape index (κ1) is 64.6. The van der Waals surface area contributed by atoms with Gasteiger partial charge in [-0.05, 0) is 86.3 Å². The average molecular weight is 1130 g/mol. The number of piperidine rings is 1. The molecule has 0 aromatic heterocycles. The number of thioether (sulfide) groups is 1. The van der Waals surface area contributed by atoms with Crippen molar-refractivity contribution in [1.29, 1.82) is 0 Å². The second-order valence-electron chi connectivity index (χ2n) is 20.2. The van der Waals surface area contributed by atoms with Crippen LogP contribution in [0.2, 0.25) is 0 Å². The number of unbranched alkanes of at least 4 members (excludes halogenated alkanes) is 1. The number of amides is 4. The molecule has 0 unspecified atom stereocenters. The fourth-order valence-corrected chi connectivity index (χ4v) is 11.1. The zero-order valence-corrected chi connectivity index (χ0v) is 47.7. The van der Waals surface area contributed by atoms with E-state index in [9.17, 15) is 14.4 Å². The van der Waals surface area contributed by atoms with Crippen molar-refractivity contribution in [3.8, 4) is 11.1 Å². The van der Waals surface area contributed by atoms with Crippen LogP contribution in [0.5, 0.6) is 0 Å². The second-order valence-corrected chi connectivity index (χ2v) is 21.4. The Morgan fingerprint density at radius 2 is 1.05 bits per heavy atom. The van der Waals surface area contributed by atoms with E-state index >= 15 is 0 Å². The van der Waals surface area contributed by atoms with E-state index in [0.717, 1.165) is 56.1 Å². The van der Waals surface area contributed by atoms with E-state index in [1.54, 1.807) is 0 Å². The maximum absolute atomic E-state index is 12.5. The van der Waals surface area contributed by atoms with Gasteiger partial charge in [0.15, 0.2) is 0 Å². The SMILES string of the molecule is O=C(CCCC[C@@H]1SC[C@@H]2NC(=O)N[C@@H]21)NCCOCCOCCOCCOCCOCCOCCOCCOCCOCCOCCOCCNC(=O)CCc1cccc(-c2ccc([C@@H]3C[C@H]3NCC3CCNCC3)cc2)c1. The van der Waals surface area contributed by atoms with Gasteiger partial charge in [-0.15, -0.1) is 0 Å². The molecule has 5 atom stereocenters. The van der Waals surface area contributed by atoms with Gasteiger partial charge >= 0.3 is 6.03 Å². The third kappa shape index (κ3) is 28.8. The van der Waals surface area contributed by atoms with Crippen molar-refractivity contribution in [3.63, 3.8) is 0 Å². The predicted octanol–water partition coefficient (Wildman–Crippen LogP) is 3.87. The summed E-state index contributed by atoms with van der Waals surface area (Å²) in [5.41, 5.74) is 4.96. The van der Waals surface area contributed by atoms with Crippen molar-refractivity contribution in [2.24, 2.45) is 5.92 Å². The van der Waals surface area contributed by atoms with Crippen molar-refractivity contribution in [2.75, 3.05) is 184 Å². The lowest BCUT2D eigenvalue weighted by Crippen LogP contribution is -2.36. The molecule has 1 saturated carbocycles. The Hall–Kier alpha value is -3.52. The molecule has 20 nitrogen and oxygen atoms in total. The molecule has 4 aliphatic rings. The van der Waals surface area contributed by atoms with E-state index < -0.39 is 0 Å². The molecular formula is C58H94N6O14S. The van der Waals surface area contributed by atoms with Gasteiger partial charge in [-0.2, -0.15) is 11.8 Å². The number of carbonyl (C=O) groups excluding carboxylic acids is 3. The standard InChI is InChI=1S/C58H94N6O14S/c65-55(7-2-1-6-54-57-53(45-79-54)63-58(67)64-57)60-18-20-68-22-24-70-26-28-72-30-32-74-34-36-76-38-40-78-41-39-77-37-35-75-33-31-73-29-27-71-25-23-69-21-19-61-56(66)13-8-46-4-3-5-50(42-46)48-9-11-49(12-10-48)51-43-52(51)62-44-47-14-16-59-17-15-47/h3-5,9-12,42,47,51-54,57,59,62H,1-2,6-8,13-41,43-45H2,(H,60,65)(H,61,66)(H2,63,64,67)/t51-,52+,53-,54-,57-/m0/s1. The van der Waals surface area contributed by atoms with E-state index in [1.807, 2.05) is 11.8 Å². The van der Waals surface area contributed by atoms with Gasteiger partial charge in [0.2, 0.25) is 11.8 Å². The Balaban J connectivity index is 0.580. The van der Waals surface area contributed by atoms with Crippen LogP contribution in [-0.4, -0.2) is 225 Å². The summed E-state index contributed by atoms with van der Waals surface area (Å²) in [5, 5.41) is 19.5. The number of ether oxygens (including phenoxy) is 11. The smallest absolute Gasteiger partial charge is 0.315 e. The zero-order valence-electron chi connectivity index (χ0n) is 46.9. The van der Waals surface area contributed by atoms with Gasteiger partial charge in [0.25, 0.3) is 0 Å². The normalized spacial score (nSPS) is 19.8. The lowest BCUT2D eigenvalue weighted by Gasteiger charge is -2.22. The van der Waals surface area contributed by atoms with Crippen molar-refractivity contribution >= 4 is 29.6 Å². The van der Waals surface area contributed by atoms with Crippen LogP contribution < -0.4 is 31.9 Å². The van der Waals surface area contributed by atoms with Crippen molar-refractivity contribution in [2.45, 2.75) is 87.1 Å². The Labute approximate surface area is 473 Å². The topological polar surface area (TPSA) is 225 Å². The van der Waals surface area contributed by atoms with Crippen LogP contribution in [0.15, 0.2) is 48.5 Å². The van der Waals surface area contributed by atoms with Gasteiger partial charge in [0.05, 0.1) is 157 Å². The summed E-state index contributed by atoms with van der Waals surface area (Å²) in [6.07, 6.45) is 8.23. The van der Waals surface area contributed by atoms with Gasteiger partial charge in [0.1, 0.15) is 0 Å². The van der Waals surface area contributed by atoms with E-state index in [2.05, 4.69) is 80.4 Å². The zero-order chi connectivity index (χ0) is 55.1. The lowest BCUT2D eigenvalue weighted by molar-refractivity contribution is -0.122. The highest BCUT2D eigenvalue weighted by molar-refractivity contribution is 8.00. The number of aryl methyl sites for hydroxylation is 1. The van der Waals surface area contributed by atoms with E-state index in [0.29, 0.717) is 195 Å². The highest BCUT2D eigenvalue weighted by Crippen LogP contribution is 2.41. The van der Waals surface area contributed by atoms with Crippen LogP contribution in [0.25, 0.3) is 11.1 Å². The van der Waals surface area contributed by atoms with Crippen LogP contribution in [-0.2, 0) is 68.1 Å². The molecule has 0 spiro atoms. The molecule has 6 N–H and O–H groups in total. The molecule has 6 rings (SSSR count). The fraction of sp³-hybridized carbons (Fsp3) is 0.741. The summed E-state index contributed by atoms with van der Waals surface area (Å²) >= 11 is 1.90. The van der Waals surface area contributed by atoms with Crippen LogP contribution >= 0.6 is 11.8 Å². The van der Waals surface area contributed by atoms with Crippen LogP contribution in [0.4, 0.5) is 4.79 Å². The van der Waals surface area contributed by atoms with Gasteiger partial charge < -0.3 is 84.0 Å². The first-order valence-electron chi connectivity index (χ1n) is 29.2. The van der Waals surface area contributed by atoms with Crippen molar-refractivity contribution in [1.82, 2.24) is 31.9 Å². The van der Waals surface area contributed by atoms with E-state index in [4.69, 9.17) is 52.1 Å². The molecule has 446 valence electrons. The largest absolute Gasteiger partial charge is 0.377 e. The minimum atomic E-state index is -0.0629. The van der Waals surface area contributed by atoms with Gasteiger partial charge in [-0.25, -0.2) is 4.79 Å². The Kier molecular flexibility index (Phi) is 33.9. The number of nitrogens with one attached hydrogen (secondary N) is 6. The molecule has 1 aliphatic carbocycles. The molecular weight excluding hydrogens is 1040 g/mol. The number of urea groups is 1. The van der Waals surface area contributed by atoms with Crippen LogP contribution in [0.3, 0.4) is 0 Å². The minimum Gasteiger partial charge on any atom is -0.377 e. The van der Waals surface area contributed by atoms with Crippen LogP contribution in [0, 0.1) is 5.92 Å². The number of hydrogen-bond donors (Lipinski definition) is 6. The third-order valence-electron chi connectivity index (χ3n) is 14.1. The first-order valence-corrected chi connectivity index (χ1v) is 30.3. The lowest BCUT2D eigenvalue weighted by atomic mass is 9.98. The van der Waals surface area contributed by atoms with Gasteiger partial charge in [0, 0.05) is 48.9 Å². The monoisotopic (exact) mass is 1130 g/mol. The summed E-state index contributed by atoms with van der Waals surface area (Å²) in [5.74, 6) is 2.45. The Morgan fingerprint density at radius 1 is 0.557 bits per heavy atom. The van der Waals surface area contributed by atoms with Gasteiger partial charge in [-0.1, -0.05) is 55.0 Å². The minimum absolute atomic E-state index is 0.0200. The Bertz CT molecular complexity index is 1920. The first-order chi connectivity index (χ1) is 39.0. The highest BCUT2D eigenvalue weighted by Gasteiger charge is 2.42. The molecule has 3 saturated heterocycles. The number of carbonyl (C=O) groups is 3. The molecule has 79 heavy (non-hydrogen) atoms. The van der Waals surface area contributed by atoms with Crippen molar-refractivity contribution < 1.29 is 66.5 Å². The summed E-state index contributed by atoms with van der Waals surface area (Å²) in [7, 11) is 0. The molecule has 21 heteroatoms. The maximum atomic E-state index is 12.5. The Morgan fingerprint density at radius 3 is 1.57 bits per heavy atom. The number of rotatable bonds is 49. The number of benzene rings is 2. The molecule has 3 heterocycles. The summed E-state index contributed by atoms with van der Waals surface area (Å²) < 4.78 is 61.0. The number of fused-ring (bicyclic) bond motifs is 1. The molecule has 0 radical (unpaired) electrons. The summed E-state index contributed by atoms with van der Waals surface area (Å²) in [6.45, 7) is 14.7. The van der Waals surface area contributed by atoms with Crippen LogP contribution in [0.1, 0.15) is 68.4 Å². The summed E-state index contributed by atoms with van der Waals surface area (Å²) in [6, 6.07) is 18.6. The third-order valence-corrected chi connectivity index (χ3v) is 15.6. The highest BCUT2D eigenvalue weighted by atomic mass is 32.2. The van der Waals surface area contributed by atoms with E-state index in [-0.39, 0.29) is 29.9 Å². The molecule has 0 bridgehead atoms. The molecule has 3 aliphatic heterocycles. The van der Waals surface area contributed by atoms with E-state index in [1.165, 1.54) is 36.0 Å². The fourth-order valence-electron chi connectivity index (χ4n) is 9.56. The van der Waals surface area contributed by atoms with Crippen molar-refractivity contribution in [3.05, 3.63) is 59.7 Å². The summed E-state index contributed by atoms with van der Waals surface area (Å²) in [4.78, 5) is 36.1. The molecule has 4 fully saturated rings.